The predicted molar refractivity (Wildman–Crippen MR) is 131 cm³/mol. The van der Waals surface area contributed by atoms with Crippen LogP contribution in [0.15, 0.2) is 48.5 Å². The maximum Gasteiger partial charge on any atom is 0.307 e. The van der Waals surface area contributed by atoms with E-state index in [1.807, 2.05) is 26.0 Å². The first-order valence-corrected chi connectivity index (χ1v) is 11.4. The summed E-state index contributed by atoms with van der Waals surface area (Å²) in [5, 5.41) is 12.2. The van der Waals surface area contributed by atoms with E-state index in [4.69, 9.17) is 26.2 Å². The number of fused-ring (bicyclic) bond motifs is 1. The number of anilines is 1. The first kappa shape index (κ1) is 23.6. The Balaban J connectivity index is 1.42. The number of rotatable bonds is 7. The van der Waals surface area contributed by atoms with E-state index in [9.17, 15) is 9.59 Å². The highest BCUT2D eigenvalue weighted by Crippen LogP contribution is 2.31. The van der Waals surface area contributed by atoms with Gasteiger partial charge in [0.15, 0.2) is 0 Å². The van der Waals surface area contributed by atoms with Crippen LogP contribution in [0.2, 0.25) is 5.02 Å². The number of benzene rings is 3. The van der Waals surface area contributed by atoms with E-state index in [0.717, 1.165) is 23.3 Å². The molecule has 7 heteroatoms. The molecule has 2 N–H and O–H groups in total. The van der Waals surface area contributed by atoms with E-state index in [1.165, 1.54) is 11.1 Å². The summed E-state index contributed by atoms with van der Waals surface area (Å²) in [4.78, 5) is 23.9. The Bertz CT molecular complexity index is 1270. The van der Waals surface area contributed by atoms with E-state index in [0.29, 0.717) is 34.2 Å². The lowest BCUT2D eigenvalue weighted by atomic mass is 10.0. The van der Waals surface area contributed by atoms with Gasteiger partial charge in [0.1, 0.15) is 24.2 Å². The summed E-state index contributed by atoms with van der Waals surface area (Å²) < 4.78 is 12.0. The summed E-state index contributed by atoms with van der Waals surface area (Å²) in [6.07, 6.45) is 0.534. The molecule has 0 saturated heterocycles. The Morgan fingerprint density at radius 2 is 1.88 bits per heavy atom. The van der Waals surface area contributed by atoms with Gasteiger partial charge in [0.05, 0.1) is 6.42 Å². The number of carbonyl (C=O) groups excluding carboxylic acids is 1. The van der Waals surface area contributed by atoms with Crippen LogP contribution in [0.3, 0.4) is 0 Å². The maximum absolute atomic E-state index is 12.9. The lowest BCUT2D eigenvalue weighted by Crippen LogP contribution is -2.23. The highest BCUT2D eigenvalue weighted by Gasteiger charge is 2.24. The summed E-state index contributed by atoms with van der Waals surface area (Å²) in [6.45, 7) is 6.27. The van der Waals surface area contributed by atoms with E-state index in [2.05, 4.69) is 18.3 Å². The fraction of sp³-hybridized carbons (Fsp3) is 0.259. The summed E-state index contributed by atoms with van der Waals surface area (Å²) in [6, 6.07) is 14.5. The second-order valence-corrected chi connectivity index (χ2v) is 8.97. The summed E-state index contributed by atoms with van der Waals surface area (Å²) >= 11 is 6.07. The molecule has 3 aromatic carbocycles. The zero-order valence-corrected chi connectivity index (χ0v) is 20.0. The van der Waals surface area contributed by atoms with Crippen molar-refractivity contribution in [1.29, 1.82) is 0 Å². The zero-order valence-electron chi connectivity index (χ0n) is 19.3. The minimum absolute atomic E-state index is 0.0515. The number of amides is 1. The quantitative estimate of drug-likeness (QED) is 0.465. The van der Waals surface area contributed by atoms with Crippen LogP contribution in [-0.2, 0) is 17.6 Å². The van der Waals surface area contributed by atoms with E-state index in [-0.39, 0.29) is 18.4 Å². The Morgan fingerprint density at radius 1 is 1.09 bits per heavy atom. The number of halogens is 1. The molecule has 0 spiro atoms. The molecule has 1 aliphatic rings. The molecule has 0 aromatic heterocycles. The molecule has 0 saturated carbocycles. The molecule has 176 valence electrons. The van der Waals surface area contributed by atoms with Crippen molar-refractivity contribution in [2.24, 2.45) is 0 Å². The molecule has 3 aromatic rings. The average Bonchev–Trinajstić information content (AvgIpc) is 3.18. The highest BCUT2D eigenvalue weighted by molar-refractivity contribution is 6.31. The Morgan fingerprint density at radius 3 is 2.65 bits per heavy atom. The van der Waals surface area contributed by atoms with Crippen molar-refractivity contribution >= 4 is 29.2 Å². The average molecular weight is 480 g/mol. The molecule has 34 heavy (non-hydrogen) atoms. The third kappa shape index (κ3) is 5.18. The molecule has 1 amide bonds. The van der Waals surface area contributed by atoms with Crippen LogP contribution in [0.5, 0.6) is 11.5 Å². The molecular weight excluding hydrogens is 454 g/mol. The molecule has 0 radical (unpaired) electrons. The zero-order chi connectivity index (χ0) is 24.4. The van der Waals surface area contributed by atoms with Crippen molar-refractivity contribution < 1.29 is 24.2 Å². The predicted octanol–water partition coefficient (Wildman–Crippen LogP) is 5.53. The SMILES string of the molecule is Cc1ccc2c(c1)C[C@@H](COc1ccc(C(=O)Nc3ccc(Cl)c(CC(=O)O)c3)c(C)c1C)O2. The van der Waals surface area contributed by atoms with Crippen LogP contribution in [0.1, 0.15) is 38.2 Å². The maximum atomic E-state index is 12.9. The standard InChI is InChI=1S/C27H26ClNO5/c1-15-4-8-25-19(10-15)12-21(34-25)14-33-24-9-6-22(16(2)17(24)3)27(32)29-20-5-7-23(28)18(11-20)13-26(30)31/h4-11,21H,12-14H2,1-3H3,(H,29,32)(H,30,31)/t21-/m0/s1. The van der Waals surface area contributed by atoms with Gasteiger partial charge in [-0.1, -0.05) is 29.3 Å². The first-order chi connectivity index (χ1) is 16.2. The Hall–Kier alpha value is -3.51. The molecular formula is C27H26ClNO5. The number of carboxylic acids is 1. The summed E-state index contributed by atoms with van der Waals surface area (Å²) in [5.41, 5.74) is 5.52. The van der Waals surface area contributed by atoms with E-state index >= 15 is 0 Å². The minimum atomic E-state index is -0.991. The van der Waals surface area contributed by atoms with Crippen molar-refractivity contribution in [3.63, 3.8) is 0 Å². The number of nitrogens with one attached hydrogen (secondary N) is 1. The van der Waals surface area contributed by atoms with Gasteiger partial charge in [-0.25, -0.2) is 0 Å². The molecule has 1 aliphatic heterocycles. The van der Waals surface area contributed by atoms with Gasteiger partial charge in [-0.15, -0.1) is 0 Å². The van der Waals surface area contributed by atoms with Gasteiger partial charge >= 0.3 is 5.97 Å². The van der Waals surface area contributed by atoms with Gasteiger partial charge < -0.3 is 19.9 Å². The number of hydrogen-bond acceptors (Lipinski definition) is 4. The number of hydrogen-bond donors (Lipinski definition) is 2. The van der Waals surface area contributed by atoms with Crippen molar-refractivity contribution in [2.45, 2.75) is 39.7 Å². The normalized spacial score (nSPS) is 14.3. The third-order valence-corrected chi connectivity index (χ3v) is 6.38. The van der Waals surface area contributed by atoms with Crippen LogP contribution in [0, 0.1) is 20.8 Å². The Kier molecular flexibility index (Phi) is 6.80. The molecule has 6 nitrogen and oxygen atoms in total. The molecule has 4 rings (SSSR count). The van der Waals surface area contributed by atoms with Crippen molar-refractivity contribution in [1.82, 2.24) is 0 Å². The summed E-state index contributed by atoms with van der Waals surface area (Å²) in [7, 11) is 0. The van der Waals surface area contributed by atoms with Crippen molar-refractivity contribution in [3.05, 3.63) is 86.9 Å². The fourth-order valence-corrected chi connectivity index (χ4v) is 4.26. The molecule has 0 fully saturated rings. The second kappa shape index (κ2) is 9.77. The molecule has 0 unspecified atom stereocenters. The first-order valence-electron chi connectivity index (χ1n) is 11.0. The lowest BCUT2D eigenvalue weighted by molar-refractivity contribution is -0.136. The smallest absolute Gasteiger partial charge is 0.307 e. The van der Waals surface area contributed by atoms with Crippen LogP contribution in [0.4, 0.5) is 5.69 Å². The fourth-order valence-electron chi connectivity index (χ4n) is 4.07. The lowest BCUT2D eigenvalue weighted by Gasteiger charge is -2.17. The second-order valence-electron chi connectivity index (χ2n) is 8.56. The molecule has 1 heterocycles. The van der Waals surface area contributed by atoms with Crippen LogP contribution >= 0.6 is 11.6 Å². The Labute approximate surface area is 203 Å². The third-order valence-electron chi connectivity index (χ3n) is 6.01. The highest BCUT2D eigenvalue weighted by atomic mass is 35.5. The van der Waals surface area contributed by atoms with Gasteiger partial charge in [-0.3, -0.25) is 9.59 Å². The van der Waals surface area contributed by atoms with Gasteiger partial charge in [0.25, 0.3) is 5.91 Å². The molecule has 0 aliphatic carbocycles. The van der Waals surface area contributed by atoms with Crippen LogP contribution in [-0.4, -0.2) is 29.7 Å². The number of aliphatic carboxylic acids is 1. The number of ether oxygens (including phenoxy) is 2. The van der Waals surface area contributed by atoms with E-state index in [1.54, 1.807) is 30.3 Å². The van der Waals surface area contributed by atoms with Gasteiger partial charge in [0.2, 0.25) is 0 Å². The van der Waals surface area contributed by atoms with Crippen LogP contribution < -0.4 is 14.8 Å². The largest absolute Gasteiger partial charge is 0.489 e. The topological polar surface area (TPSA) is 84.9 Å². The summed E-state index contributed by atoms with van der Waals surface area (Å²) in [5.74, 6) is 0.336. The monoisotopic (exact) mass is 479 g/mol. The van der Waals surface area contributed by atoms with Gasteiger partial charge in [-0.2, -0.15) is 0 Å². The van der Waals surface area contributed by atoms with Gasteiger partial charge in [-0.05, 0) is 79.4 Å². The number of carboxylic acid groups (broad SMARTS) is 1. The molecule has 0 bridgehead atoms. The number of aryl methyl sites for hydroxylation is 1. The minimum Gasteiger partial charge on any atom is -0.489 e. The van der Waals surface area contributed by atoms with Gasteiger partial charge in [0, 0.05) is 22.7 Å². The van der Waals surface area contributed by atoms with Crippen LogP contribution in [0.25, 0.3) is 0 Å². The van der Waals surface area contributed by atoms with Crippen molar-refractivity contribution in [2.75, 3.05) is 11.9 Å². The molecule has 1 atom stereocenters. The van der Waals surface area contributed by atoms with E-state index < -0.39 is 5.97 Å². The van der Waals surface area contributed by atoms with Crippen molar-refractivity contribution in [3.8, 4) is 11.5 Å². The number of carbonyl (C=O) groups is 2.